The molecule has 2 aliphatic carbocycles. The van der Waals surface area contributed by atoms with Gasteiger partial charge in [-0.05, 0) is 73.9 Å². The van der Waals surface area contributed by atoms with E-state index in [2.05, 4.69) is 16.7 Å². The van der Waals surface area contributed by atoms with E-state index in [9.17, 15) is 19.6 Å². The van der Waals surface area contributed by atoms with Crippen LogP contribution < -0.4 is 15.4 Å². The van der Waals surface area contributed by atoms with E-state index in [4.69, 9.17) is 9.47 Å². The van der Waals surface area contributed by atoms with Gasteiger partial charge in [-0.3, -0.25) is 14.4 Å². The number of carbonyl (C=O) groups is 3. The lowest BCUT2D eigenvalue weighted by atomic mass is 9.76. The van der Waals surface area contributed by atoms with Gasteiger partial charge < -0.3 is 20.1 Å². The van der Waals surface area contributed by atoms with E-state index in [0.29, 0.717) is 49.3 Å². The lowest BCUT2D eigenvalue weighted by molar-refractivity contribution is -0.143. The minimum absolute atomic E-state index is 0.0483. The molecular weight excluding hydrogens is 458 g/mol. The van der Waals surface area contributed by atoms with Gasteiger partial charge in [0.2, 0.25) is 5.91 Å². The molecule has 2 aromatic carbocycles. The average Bonchev–Trinajstić information content (AvgIpc) is 3.79. The number of esters is 1. The Kier molecular flexibility index (Phi) is 6.17. The number of anilines is 1. The van der Waals surface area contributed by atoms with Crippen LogP contribution in [0.5, 0.6) is 5.75 Å². The van der Waals surface area contributed by atoms with Crippen molar-refractivity contribution in [2.24, 2.45) is 17.8 Å². The summed E-state index contributed by atoms with van der Waals surface area (Å²) in [4.78, 5) is 37.1. The van der Waals surface area contributed by atoms with Gasteiger partial charge in [0.05, 0.1) is 24.8 Å². The lowest BCUT2D eigenvalue weighted by Gasteiger charge is -2.33. The van der Waals surface area contributed by atoms with Crippen molar-refractivity contribution in [1.82, 2.24) is 5.32 Å². The number of benzene rings is 2. The molecule has 3 aliphatic rings. The van der Waals surface area contributed by atoms with Crippen molar-refractivity contribution in [2.45, 2.75) is 38.0 Å². The molecule has 0 aromatic heterocycles. The van der Waals surface area contributed by atoms with Crippen LogP contribution >= 0.6 is 0 Å². The van der Waals surface area contributed by atoms with Crippen molar-refractivity contribution in [3.63, 3.8) is 0 Å². The van der Waals surface area contributed by atoms with Crippen molar-refractivity contribution in [1.29, 1.82) is 5.26 Å². The Labute approximate surface area is 210 Å². The Morgan fingerprint density at radius 2 is 2.00 bits per heavy atom. The second-order valence-electron chi connectivity index (χ2n) is 9.64. The number of nitriles is 1. The molecule has 2 N–H and O–H groups in total. The van der Waals surface area contributed by atoms with Gasteiger partial charge in [0.1, 0.15) is 5.75 Å². The summed E-state index contributed by atoms with van der Waals surface area (Å²) in [5, 5.41) is 15.1. The Bertz CT molecular complexity index is 1270. The molecule has 1 unspecified atom stereocenters. The van der Waals surface area contributed by atoms with E-state index >= 15 is 0 Å². The smallest absolute Gasteiger partial charge is 0.305 e. The highest BCUT2D eigenvalue weighted by Gasteiger charge is 2.86. The van der Waals surface area contributed by atoms with Crippen LogP contribution in [0.15, 0.2) is 36.4 Å². The normalized spacial score (nSPS) is 24.4. The SMILES string of the molecule is CCOC(=O)CCCc1ccc(C#N)cc1NC(=O)[C@@H]1C2[C@@H]1[C@@]21CCOc2ccc(C(=O)NC)cc21. The summed E-state index contributed by atoms with van der Waals surface area (Å²) < 4.78 is 10.8. The third kappa shape index (κ3) is 3.98. The molecule has 1 aliphatic heterocycles. The van der Waals surface area contributed by atoms with Gasteiger partial charge in [0.15, 0.2) is 0 Å². The summed E-state index contributed by atoms with van der Waals surface area (Å²) in [6.45, 7) is 2.73. The molecule has 4 atom stereocenters. The molecule has 8 heteroatoms. The van der Waals surface area contributed by atoms with Gasteiger partial charge in [-0.2, -0.15) is 5.26 Å². The zero-order valence-corrected chi connectivity index (χ0v) is 20.4. The number of hydrogen-bond acceptors (Lipinski definition) is 6. The van der Waals surface area contributed by atoms with Crippen molar-refractivity contribution in [3.05, 3.63) is 58.7 Å². The number of nitrogens with one attached hydrogen (secondary N) is 2. The monoisotopic (exact) mass is 487 g/mol. The predicted molar refractivity (Wildman–Crippen MR) is 131 cm³/mol. The Morgan fingerprint density at radius 1 is 1.19 bits per heavy atom. The molecule has 1 spiro atoms. The number of fused-ring (bicyclic) bond motifs is 5. The summed E-state index contributed by atoms with van der Waals surface area (Å²) in [6, 6.07) is 12.9. The molecule has 0 bridgehead atoms. The first-order chi connectivity index (χ1) is 17.4. The molecule has 2 saturated carbocycles. The van der Waals surface area contributed by atoms with E-state index in [1.807, 2.05) is 18.2 Å². The summed E-state index contributed by atoms with van der Waals surface area (Å²) in [7, 11) is 1.61. The Balaban J connectivity index is 1.28. The minimum atomic E-state index is -0.239. The number of rotatable bonds is 8. The number of aryl methyl sites for hydroxylation is 1. The average molecular weight is 488 g/mol. The van der Waals surface area contributed by atoms with E-state index in [1.54, 1.807) is 32.2 Å². The maximum Gasteiger partial charge on any atom is 0.305 e. The second kappa shape index (κ2) is 9.30. The third-order valence-corrected chi connectivity index (χ3v) is 7.78. The van der Waals surface area contributed by atoms with Crippen LogP contribution in [0.3, 0.4) is 0 Å². The first-order valence-corrected chi connectivity index (χ1v) is 12.4. The zero-order chi connectivity index (χ0) is 25.4. The Hall–Kier alpha value is -3.86. The molecule has 2 aromatic rings. The van der Waals surface area contributed by atoms with Gasteiger partial charge in [0.25, 0.3) is 5.91 Å². The molecule has 1 heterocycles. The fourth-order valence-electron chi connectivity index (χ4n) is 5.97. The van der Waals surface area contributed by atoms with Crippen LogP contribution in [-0.4, -0.2) is 38.0 Å². The quantitative estimate of drug-likeness (QED) is 0.552. The fourth-order valence-corrected chi connectivity index (χ4v) is 5.97. The van der Waals surface area contributed by atoms with Crippen molar-refractivity contribution in [3.8, 4) is 11.8 Å². The summed E-state index contributed by atoms with van der Waals surface area (Å²) >= 11 is 0. The largest absolute Gasteiger partial charge is 0.493 e. The highest BCUT2D eigenvalue weighted by molar-refractivity contribution is 5.99. The molecular formula is C28H29N3O5. The predicted octanol–water partition coefficient (Wildman–Crippen LogP) is 3.34. The van der Waals surface area contributed by atoms with Gasteiger partial charge in [-0.1, -0.05) is 6.07 Å². The van der Waals surface area contributed by atoms with Crippen LogP contribution in [0.4, 0.5) is 5.69 Å². The van der Waals surface area contributed by atoms with E-state index in [0.717, 1.165) is 23.3 Å². The maximum atomic E-state index is 13.2. The van der Waals surface area contributed by atoms with Crippen LogP contribution in [-0.2, 0) is 26.2 Å². The van der Waals surface area contributed by atoms with Gasteiger partial charge in [0, 0.05) is 41.6 Å². The van der Waals surface area contributed by atoms with E-state index in [1.165, 1.54) is 0 Å². The van der Waals surface area contributed by atoms with Crippen molar-refractivity contribution >= 4 is 23.5 Å². The number of carbonyl (C=O) groups excluding carboxylic acids is 3. The lowest BCUT2D eigenvalue weighted by Crippen LogP contribution is -2.34. The van der Waals surface area contributed by atoms with Crippen LogP contribution in [0.1, 0.15) is 53.2 Å². The molecule has 8 nitrogen and oxygen atoms in total. The highest BCUT2D eigenvalue weighted by atomic mass is 16.5. The van der Waals surface area contributed by atoms with Crippen LogP contribution in [0.25, 0.3) is 0 Å². The molecule has 186 valence electrons. The highest BCUT2D eigenvalue weighted by Crippen LogP contribution is 2.84. The number of hydrogen-bond donors (Lipinski definition) is 2. The van der Waals surface area contributed by atoms with E-state index in [-0.39, 0.29) is 41.0 Å². The fraction of sp³-hybridized carbons (Fsp3) is 0.429. The molecule has 5 rings (SSSR count). The number of amides is 2. The number of nitrogens with zero attached hydrogens (tertiary/aromatic N) is 1. The molecule has 2 fully saturated rings. The second-order valence-corrected chi connectivity index (χ2v) is 9.64. The number of ether oxygens (including phenoxy) is 2. The van der Waals surface area contributed by atoms with Crippen molar-refractivity contribution in [2.75, 3.05) is 25.6 Å². The molecule has 0 saturated heterocycles. The van der Waals surface area contributed by atoms with Crippen molar-refractivity contribution < 1.29 is 23.9 Å². The first kappa shape index (κ1) is 23.9. The summed E-state index contributed by atoms with van der Waals surface area (Å²) in [5.41, 5.74) is 3.50. The maximum absolute atomic E-state index is 13.2. The molecule has 2 amide bonds. The van der Waals surface area contributed by atoms with E-state index < -0.39 is 0 Å². The minimum Gasteiger partial charge on any atom is -0.493 e. The topological polar surface area (TPSA) is 118 Å². The standard InChI is InChI=1S/C28H29N3O5/c1-3-35-22(32)6-4-5-17-8-7-16(15-29)13-20(17)31-27(34)23-24-25(23)28(24)11-12-36-21-10-9-18(14-19(21)28)26(33)30-2/h7-10,13-14,23-25H,3-6,11-12H2,1-2H3,(H,30,33)(H,31,34)/t23-,24+,25?,28-/m0/s1. The zero-order valence-electron chi connectivity index (χ0n) is 20.4. The Morgan fingerprint density at radius 3 is 2.72 bits per heavy atom. The van der Waals surface area contributed by atoms with Gasteiger partial charge in [-0.25, -0.2) is 0 Å². The van der Waals surface area contributed by atoms with Crippen LogP contribution in [0.2, 0.25) is 0 Å². The summed E-state index contributed by atoms with van der Waals surface area (Å²) in [6.07, 6.45) is 2.32. The summed E-state index contributed by atoms with van der Waals surface area (Å²) in [5.74, 6) is 0.723. The van der Waals surface area contributed by atoms with Crippen LogP contribution in [0, 0.1) is 29.1 Å². The third-order valence-electron chi connectivity index (χ3n) is 7.78. The van der Waals surface area contributed by atoms with Gasteiger partial charge >= 0.3 is 5.97 Å². The molecule has 0 radical (unpaired) electrons. The van der Waals surface area contributed by atoms with Gasteiger partial charge in [-0.15, -0.1) is 0 Å². The molecule has 36 heavy (non-hydrogen) atoms. The first-order valence-electron chi connectivity index (χ1n) is 12.4.